The van der Waals surface area contributed by atoms with Gasteiger partial charge in [0.1, 0.15) is 0 Å². The second kappa shape index (κ2) is 7.69. The van der Waals surface area contributed by atoms with Crippen LogP contribution < -0.4 is 17.0 Å². The Kier molecular flexibility index (Phi) is 5.39. The van der Waals surface area contributed by atoms with E-state index in [0.29, 0.717) is 0 Å². The number of rotatable bonds is 3. The maximum Gasteiger partial charge on any atom is 0.174 e. The molecule has 4 aromatic rings. The van der Waals surface area contributed by atoms with E-state index in [4.69, 9.17) is 0 Å². The molecule has 0 aliphatic carbocycles. The van der Waals surface area contributed by atoms with Gasteiger partial charge in [-0.05, 0) is 41.8 Å². The highest BCUT2D eigenvalue weighted by Crippen LogP contribution is 2.35. The molecule has 0 radical (unpaired) electrons. The zero-order chi connectivity index (χ0) is 15.5. The lowest BCUT2D eigenvalue weighted by Crippen LogP contribution is -3.00. The molecular formula is C22H17BrS. The topological polar surface area (TPSA) is 0 Å². The molecule has 0 amide bonds. The monoisotopic (exact) mass is 392 g/mol. The maximum absolute atomic E-state index is 2.27. The van der Waals surface area contributed by atoms with Gasteiger partial charge in [0.15, 0.2) is 14.7 Å². The molecule has 24 heavy (non-hydrogen) atoms. The molecule has 0 heterocycles. The van der Waals surface area contributed by atoms with E-state index >= 15 is 0 Å². The van der Waals surface area contributed by atoms with Gasteiger partial charge in [-0.2, -0.15) is 0 Å². The van der Waals surface area contributed by atoms with Crippen LogP contribution >= 0.6 is 0 Å². The lowest BCUT2D eigenvalue weighted by atomic mass is 10.1. The minimum atomic E-state index is -0.0892. The van der Waals surface area contributed by atoms with Crippen LogP contribution in [0.1, 0.15) is 0 Å². The van der Waals surface area contributed by atoms with Crippen molar-refractivity contribution < 1.29 is 17.0 Å². The van der Waals surface area contributed by atoms with Gasteiger partial charge in [0.05, 0.1) is 10.9 Å². The maximum atomic E-state index is 2.27. The Hall–Kier alpha value is -2.03. The third-order valence-corrected chi connectivity index (χ3v) is 6.21. The predicted octanol–water partition coefficient (Wildman–Crippen LogP) is 2.94. The molecule has 0 fully saturated rings. The molecule has 4 rings (SSSR count). The summed E-state index contributed by atoms with van der Waals surface area (Å²) in [6, 6.07) is 36.9. The molecule has 4 aromatic carbocycles. The van der Waals surface area contributed by atoms with Crippen molar-refractivity contribution in [3.63, 3.8) is 0 Å². The average molecular weight is 393 g/mol. The van der Waals surface area contributed by atoms with Gasteiger partial charge in [-0.25, -0.2) is 0 Å². The van der Waals surface area contributed by atoms with E-state index in [0.717, 1.165) is 0 Å². The highest BCUT2D eigenvalue weighted by atomic mass is 79.9. The van der Waals surface area contributed by atoms with Crippen LogP contribution in [0.2, 0.25) is 0 Å². The van der Waals surface area contributed by atoms with E-state index in [1.165, 1.54) is 25.5 Å². The Bertz CT molecular complexity index is 875. The van der Waals surface area contributed by atoms with Crippen molar-refractivity contribution in [1.29, 1.82) is 0 Å². The van der Waals surface area contributed by atoms with Crippen LogP contribution in [0.25, 0.3) is 10.8 Å². The Morgan fingerprint density at radius 3 is 1.58 bits per heavy atom. The van der Waals surface area contributed by atoms with Crippen molar-refractivity contribution in [1.82, 2.24) is 0 Å². The summed E-state index contributed by atoms with van der Waals surface area (Å²) in [5, 5.41) is 2.64. The molecular weight excluding hydrogens is 376 g/mol. The fourth-order valence-electron chi connectivity index (χ4n) is 2.88. The van der Waals surface area contributed by atoms with Crippen LogP contribution in [0.5, 0.6) is 0 Å². The zero-order valence-electron chi connectivity index (χ0n) is 13.1. The molecule has 0 atom stereocenters. The Morgan fingerprint density at radius 2 is 0.958 bits per heavy atom. The normalized spacial score (nSPS) is 10.5. The molecule has 0 aliphatic heterocycles. The molecule has 0 unspecified atom stereocenters. The highest BCUT2D eigenvalue weighted by Gasteiger charge is 2.29. The fourth-order valence-corrected chi connectivity index (χ4v) is 5.14. The summed E-state index contributed by atoms with van der Waals surface area (Å²) in [4.78, 5) is 4.10. The van der Waals surface area contributed by atoms with Crippen LogP contribution in [0.15, 0.2) is 118 Å². The van der Waals surface area contributed by atoms with Crippen molar-refractivity contribution in [2.24, 2.45) is 0 Å². The molecule has 0 nitrogen and oxygen atoms in total. The molecule has 118 valence electrons. The van der Waals surface area contributed by atoms with Crippen molar-refractivity contribution in [2.45, 2.75) is 14.7 Å². The second-order valence-corrected chi connectivity index (χ2v) is 7.40. The molecule has 0 N–H and O–H groups in total. The highest BCUT2D eigenvalue weighted by molar-refractivity contribution is 7.97. The lowest BCUT2D eigenvalue weighted by molar-refractivity contribution is -0.00000443. The van der Waals surface area contributed by atoms with Crippen molar-refractivity contribution in [2.75, 3.05) is 0 Å². The van der Waals surface area contributed by atoms with Gasteiger partial charge in [-0.3, -0.25) is 0 Å². The molecule has 0 aromatic heterocycles. The predicted molar refractivity (Wildman–Crippen MR) is 99.0 cm³/mol. The fraction of sp³-hybridized carbons (Fsp3) is 0. The molecule has 0 aliphatic rings. The number of hydrogen-bond acceptors (Lipinski definition) is 0. The lowest BCUT2D eigenvalue weighted by Gasteiger charge is -2.10. The Labute approximate surface area is 156 Å². The van der Waals surface area contributed by atoms with Gasteiger partial charge in [0, 0.05) is 5.39 Å². The largest absolute Gasteiger partial charge is 1.00 e. The molecule has 0 saturated carbocycles. The van der Waals surface area contributed by atoms with Crippen LogP contribution in [-0.2, 0) is 10.9 Å². The Morgan fingerprint density at radius 1 is 0.458 bits per heavy atom. The van der Waals surface area contributed by atoms with Gasteiger partial charge >= 0.3 is 0 Å². The second-order valence-electron chi connectivity index (χ2n) is 5.41. The number of fused-ring (bicyclic) bond motifs is 1. The van der Waals surface area contributed by atoms with Gasteiger partial charge in [0.2, 0.25) is 0 Å². The van der Waals surface area contributed by atoms with E-state index in [-0.39, 0.29) is 27.9 Å². The molecule has 2 heteroatoms. The summed E-state index contributed by atoms with van der Waals surface area (Å²) in [5.41, 5.74) is 0. The smallest absolute Gasteiger partial charge is 0.174 e. The van der Waals surface area contributed by atoms with Gasteiger partial charge in [0.25, 0.3) is 0 Å². The summed E-state index contributed by atoms with van der Waals surface area (Å²) < 4.78 is 0. The third kappa shape index (κ3) is 3.26. The van der Waals surface area contributed by atoms with E-state index in [1.807, 2.05) is 0 Å². The SMILES string of the molecule is [Br-].c1ccc([S+](c2ccccc2)c2cccc3ccccc23)cc1. The first-order chi connectivity index (χ1) is 11.4. The van der Waals surface area contributed by atoms with Crippen LogP contribution in [0, 0.1) is 0 Å². The van der Waals surface area contributed by atoms with E-state index < -0.39 is 0 Å². The van der Waals surface area contributed by atoms with E-state index in [9.17, 15) is 0 Å². The summed E-state index contributed by atoms with van der Waals surface area (Å²) in [6.07, 6.45) is 0. The number of halogens is 1. The Balaban J connectivity index is 0.00000169. The van der Waals surface area contributed by atoms with Gasteiger partial charge in [-0.1, -0.05) is 66.7 Å². The van der Waals surface area contributed by atoms with E-state index in [2.05, 4.69) is 103 Å². The van der Waals surface area contributed by atoms with Crippen molar-refractivity contribution in [3.05, 3.63) is 103 Å². The molecule has 0 bridgehead atoms. The zero-order valence-corrected chi connectivity index (χ0v) is 15.5. The first-order valence-corrected chi connectivity index (χ1v) is 8.98. The quantitative estimate of drug-likeness (QED) is 0.470. The summed E-state index contributed by atoms with van der Waals surface area (Å²) in [5.74, 6) is 0. The number of benzene rings is 4. The minimum absolute atomic E-state index is 0. The standard InChI is InChI=1S/C22H17S.BrH/c1-3-12-19(13-4-1)23(20-14-5-2-6-15-20)22-17-9-11-18-10-7-8-16-21(18)22;/h1-17H;1H/q+1;/p-1. The van der Waals surface area contributed by atoms with Gasteiger partial charge < -0.3 is 17.0 Å². The molecule has 0 spiro atoms. The van der Waals surface area contributed by atoms with Gasteiger partial charge in [-0.15, -0.1) is 0 Å². The summed E-state index contributed by atoms with van der Waals surface area (Å²) in [6.45, 7) is 0. The third-order valence-electron chi connectivity index (χ3n) is 3.93. The van der Waals surface area contributed by atoms with E-state index in [1.54, 1.807) is 0 Å². The van der Waals surface area contributed by atoms with Crippen molar-refractivity contribution in [3.8, 4) is 0 Å². The van der Waals surface area contributed by atoms with Crippen molar-refractivity contribution >= 4 is 21.7 Å². The summed E-state index contributed by atoms with van der Waals surface area (Å²) >= 11 is 0. The first kappa shape index (κ1) is 16.8. The number of hydrogen-bond donors (Lipinski definition) is 0. The minimum Gasteiger partial charge on any atom is -1.00 e. The molecule has 0 saturated heterocycles. The van der Waals surface area contributed by atoms with Crippen LogP contribution in [-0.4, -0.2) is 0 Å². The van der Waals surface area contributed by atoms with Crippen LogP contribution in [0.4, 0.5) is 0 Å². The average Bonchev–Trinajstić information content (AvgIpc) is 2.64. The first-order valence-electron chi connectivity index (χ1n) is 7.76. The van der Waals surface area contributed by atoms with Crippen LogP contribution in [0.3, 0.4) is 0 Å². The summed E-state index contributed by atoms with van der Waals surface area (Å²) in [7, 11) is -0.0892.